The molecule has 4 aromatic carbocycles. The van der Waals surface area contributed by atoms with Gasteiger partial charge in [0.15, 0.2) is 0 Å². The maximum Gasteiger partial charge on any atom is 0.305 e. The zero-order valence-corrected chi connectivity index (χ0v) is 32.6. The molecule has 3 aromatic heterocycles. The first-order chi connectivity index (χ1) is 28.3. The third kappa shape index (κ3) is 4.94. The van der Waals surface area contributed by atoms with Crippen LogP contribution in [-0.2, 0) is 19.1 Å². The van der Waals surface area contributed by atoms with Gasteiger partial charge in [-0.15, -0.1) is 0 Å². The lowest BCUT2D eigenvalue weighted by Crippen LogP contribution is -2.00. The van der Waals surface area contributed by atoms with Crippen molar-refractivity contribution >= 4 is 77.8 Å². The molecule has 0 amide bonds. The Morgan fingerprint density at radius 3 is 1.16 bits per heavy atom. The quantitative estimate of drug-likeness (QED) is 0.163. The Kier molecular flexibility index (Phi) is 7.51. The highest BCUT2D eigenvalue weighted by molar-refractivity contribution is 6.24. The van der Waals surface area contributed by atoms with Crippen LogP contribution in [0.2, 0.25) is 0 Å². The molecule has 5 heterocycles. The predicted octanol–water partition coefficient (Wildman–Crippen LogP) is 11.7. The largest absolute Gasteiger partial charge is 0.469 e. The van der Waals surface area contributed by atoms with Crippen LogP contribution in [0.3, 0.4) is 0 Å². The lowest BCUT2D eigenvalue weighted by Gasteiger charge is -2.05. The summed E-state index contributed by atoms with van der Waals surface area (Å²) in [5.74, 6) is -0.522. The fourth-order valence-corrected chi connectivity index (χ4v) is 9.76. The fraction of sp³-hybridized carbons (Fsp3) is 0.160. The molecule has 2 aliphatic carbocycles. The maximum atomic E-state index is 12.6. The standard InChI is InChI=1S/C50H38N4O4/c1-25-29(17-19-43(55)57-3)37-23-41-49-33-15-7-11-28-12-8-16-34(46(28)33)50(49)42(54-41)24-38-30(18-20-44(56)58-4)26(2)36(52-38)22-40-48-32-14-6-10-27-9-5-13-31(45(27)32)47(48)39(53-40)21-35(25)51-37/h5-16,21-24,53-54H,17-20H2,1-4H3. The summed E-state index contributed by atoms with van der Waals surface area (Å²) in [7, 11) is 2.86. The molecule has 2 N–H and O–H groups in total. The van der Waals surface area contributed by atoms with E-state index >= 15 is 0 Å². The van der Waals surface area contributed by atoms with Gasteiger partial charge < -0.3 is 19.4 Å². The van der Waals surface area contributed by atoms with Gasteiger partial charge >= 0.3 is 11.9 Å². The summed E-state index contributed by atoms with van der Waals surface area (Å²) in [5.41, 5.74) is 20.3. The number of esters is 2. The van der Waals surface area contributed by atoms with Gasteiger partial charge in [0.05, 0.1) is 37.0 Å². The number of allylic oxidation sites excluding steroid dienone is 4. The second-order valence-electron chi connectivity index (χ2n) is 15.5. The molecule has 8 heteroatoms. The Balaban J connectivity index is 1.28. The maximum absolute atomic E-state index is 12.6. The molecule has 0 fully saturated rings. The first-order valence-electron chi connectivity index (χ1n) is 19.7. The Bertz CT molecular complexity index is 3070. The molecule has 58 heavy (non-hydrogen) atoms. The van der Waals surface area contributed by atoms with Gasteiger partial charge in [0.2, 0.25) is 0 Å². The van der Waals surface area contributed by atoms with Crippen molar-refractivity contribution in [1.82, 2.24) is 19.9 Å². The molecule has 4 aliphatic rings. The first kappa shape index (κ1) is 34.2. The van der Waals surface area contributed by atoms with Gasteiger partial charge in [0.1, 0.15) is 0 Å². The summed E-state index contributed by atoms with van der Waals surface area (Å²) >= 11 is 0. The van der Waals surface area contributed by atoms with Crippen molar-refractivity contribution in [3.05, 3.63) is 120 Å². The molecule has 0 saturated carbocycles. The van der Waals surface area contributed by atoms with Crippen molar-refractivity contribution in [2.45, 2.75) is 39.5 Å². The highest BCUT2D eigenvalue weighted by Gasteiger charge is 2.30. The molecule has 2 aliphatic heterocycles. The zero-order valence-electron chi connectivity index (χ0n) is 32.6. The SMILES string of the molecule is COC(=O)CCC1=C(C)c2cc3[nH]c(cc4nc(cc5[nH]c(cc1n2)c1c5-c2cccc5cccc-1c25)C(CCC(=O)OC)=C4C)c1c3-c2cccc3cccc-1c23. The second-order valence-corrected chi connectivity index (χ2v) is 15.5. The number of benzene rings is 4. The van der Waals surface area contributed by atoms with Crippen LogP contribution in [0.1, 0.15) is 62.3 Å². The average molecular weight is 759 g/mol. The average Bonchev–Trinajstić information content (AvgIpc) is 4.06. The third-order valence-electron chi connectivity index (χ3n) is 12.5. The number of carbonyl (C=O) groups is 2. The number of nitrogens with one attached hydrogen (secondary N) is 2. The molecule has 11 rings (SSSR count). The van der Waals surface area contributed by atoms with Crippen molar-refractivity contribution in [2.75, 3.05) is 14.2 Å². The molecule has 0 spiro atoms. The van der Waals surface area contributed by atoms with Crippen LogP contribution in [0.25, 0.3) is 110 Å². The van der Waals surface area contributed by atoms with Crippen LogP contribution in [0, 0.1) is 0 Å². The second kappa shape index (κ2) is 12.7. The number of hydrogen-bond acceptors (Lipinski definition) is 6. The summed E-state index contributed by atoms with van der Waals surface area (Å²) in [5, 5.41) is 4.81. The van der Waals surface area contributed by atoms with Crippen molar-refractivity contribution in [3.8, 4) is 44.5 Å². The number of carbonyl (C=O) groups excluding carboxylic acids is 2. The minimum absolute atomic E-state index is 0.239. The number of nitrogens with zero attached hydrogens (tertiary/aromatic N) is 2. The molecule has 0 atom stereocenters. The Morgan fingerprint density at radius 1 is 0.500 bits per heavy atom. The van der Waals surface area contributed by atoms with Crippen LogP contribution < -0.4 is 0 Å². The van der Waals surface area contributed by atoms with Crippen molar-refractivity contribution in [2.24, 2.45) is 0 Å². The van der Waals surface area contributed by atoms with Gasteiger partial charge in [-0.3, -0.25) is 9.59 Å². The number of fused-ring (bicyclic) bond motifs is 18. The van der Waals surface area contributed by atoms with E-state index in [0.29, 0.717) is 12.8 Å². The highest BCUT2D eigenvalue weighted by atomic mass is 16.5. The number of H-pyrrole nitrogens is 2. The van der Waals surface area contributed by atoms with E-state index in [4.69, 9.17) is 19.4 Å². The van der Waals surface area contributed by atoms with E-state index < -0.39 is 0 Å². The summed E-state index contributed by atoms with van der Waals surface area (Å²) < 4.78 is 10.2. The first-order valence-corrected chi connectivity index (χ1v) is 19.7. The summed E-state index contributed by atoms with van der Waals surface area (Å²) in [6.45, 7) is 4.21. The monoisotopic (exact) mass is 758 g/mol. The van der Waals surface area contributed by atoms with Gasteiger partial charge in [-0.05, 0) is 117 Å². The summed E-state index contributed by atoms with van der Waals surface area (Å²) in [4.78, 5) is 43.5. The Hall–Kier alpha value is -7.06. The molecule has 0 radical (unpaired) electrons. The van der Waals surface area contributed by atoms with E-state index in [2.05, 4.69) is 121 Å². The normalized spacial score (nSPS) is 13.4. The van der Waals surface area contributed by atoms with Crippen LogP contribution in [0.4, 0.5) is 0 Å². The molecule has 8 bridgehead atoms. The molecule has 8 nitrogen and oxygen atoms in total. The van der Waals surface area contributed by atoms with E-state index in [9.17, 15) is 9.59 Å². The molecule has 0 unspecified atom stereocenters. The lowest BCUT2D eigenvalue weighted by molar-refractivity contribution is -0.141. The van der Waals surface area contributed by atoms with E-state index in [1.54, 1.807) is 0 Å². The van der Waals surface area contributed by atoms with Gasteiger partial charge in [-0.2, -0.15) is 0 Å². The van der Waals surface area contributed by atoms with Crippen LogP contribution >= 0.6 is 0 Å². The number of hydrogen-bond donors (Lipinski definition) is 2. The van der Waals surface area contributed by atoms with Crippen molar-refractivity contribution in [3.63, 3.8) is 0 Å². The number of rotatable bonds is 6. The van der Waals surface area contributed by atoms with Crippen molar-refractivity contribution < 1.29 is 19.1 Å². The van der Waals surface area contributed by atoms with Gasteiger partial charge in [-0.25, -0.2) is 9.97 Å². The highest BCUT2D eigenvalue weighted by Crippen LogP contribution is 2.53. The summed E-state index contributed by atoms with van der Waals surface area (Å²) in [6, 6.07) is 34.5. The number of ether oxygens (including phenoxy) is 2. The molecule has 0 saturated heterocycles. The number of methoxy groups -OCH3 is 2. The topological polar surface area (TPSA) is 110 Å². The van der Waals surface area contributed by atoms with Gasteiger partial charge in [-0.1, -0.05) is 72.8 Å². The molecular weight excluding hydrogens is 721 g/mol. The molecular formula is C50H38N4O4. The third-order valence-corrected chi connectivity index (χ3v) is 12.5. The number of aromatic nitrogens is 4. The Morgan fingerprint density at radius 2 is 0.828 bits per heavy atom. The zero-order chi connectivity index (χ0) is 39.4. The lowest BCUT2D eigenvalue weighted by atomic mass is 9.99. The van der Waals surface area contributed by atoms with Gasteiger partial charge in [0, 0.05) is 57.2 Å². The van der Waals surface area contributed by atoms with Crippen LogP contribution in [0.5, 0.6) is 0 Å². The minimum atomic E-state index is -0.261. The number of aromatic amines is 2. The molecule has 7 aromatic rings. The van der Waals surface area contributed by atoms with Gasteiger partial charge in [0.25, 0.3) is 0 Å². The van der Waals surface area contributed by atoms with E-state index in [1.165, 1.54) is 46.9 Å². The molecule has 282 valence electrons. The van der Waals surface area contributed by atoms with Crippen LogP contribution in [0.15, 0.2) is 97.1 Å². The fourth-order valence-electron chi connectivity index (χ4n) is 9.76. The van der Waals surface area contributed by atoms with E-state index in [0.717, 1.165) is 101 Å². The predicted molar refractivity (Wildman–Crippen MR) is 232 cm³/mol. The summed E-state index contributed by atoms with van der Waals surface area (Å²) in [6.07, 6.45) is 1.45. The minimum Gasteiger partial charge on any atom is -0.469 e. The van der Waals surface area contributed by atoms with E-state index in [1.807, 2.05) is 0 Å². The van der Waals surface area contributed by atoms with Crippen molar-refractivity contribution in [1.29, 1.82) is 0 Å². The van der Waals surface area contributed by atoms with E-state index in [-0.39, 0.29) is 24.8 Å². The smallest absolute Gasteiger partial charge is 0.305 e. The van der Waals surface area contributed by atoms with Crippen LogP contribution in [-0.4, -0.2) is 46.1 Å². The Labute approximate surface area is 333 Å².